The van der Waals surface area contributed by atoms with E-state index in [9.17, 15) is 0 Å². The second-order valence-corrected chi connectivity index (χ2v) is 4.98. The SMILES string of the molecule is CCCCCCCNCc1cc(Cl)ccc1OC. The average Bonchev–Trinajstić information content (AvgIpc) is 2.38. The number of methoxy groups -OCH3 is 1. The molecule has 1 N–H and O–H groups in total. The molecule has 0 bridgehead atoms. The first-order valence-corrected chi connectivity index (χ1v) is 7.19. The van der Waals surface area contributed by atoms with Gasteiger partial charge in [0.05, 0.1) is 7.11 Å². The molecule has 0 aliphatic rings. The van der Waals surface area contributed by atoms with E-state index in [0.29, 0.717) is 0 Å². The van der Waals surface area contributed by atoms with Crippen LogP contribution in [0.2, 0.25) is 5.02 Å². The molecule has 0 saturated carbocycles. The third-order valence-corrected chi connectivity index (χ3v) is 3.25. The predicted molar refractivity (Wildman–Crippen MR) is 78.5 cm³/mol. The Bertz CT molecular complexity index is 341. The number of ether oxygens (including phenoxy) is 1. The Balaban J connectivity index is 2.24. The molecule has 1 aromatic carbocycles. The largest absolute Gasteiger partial charge is 0.496 e. The van der Waals surface area contributed by atoms with E-state index in [1.54, 1.807) is 7.11 Å². The van der Waals surface area contributed by atoms with Crippen LogP contribution in [-0.2, 0) is 6.54 Å². The van der Waals surface area contributed by atoms with E-state index in [1.165, 1.54) is 32.1 Å². The average molecular weight is 270 g/mol. The first-order valence-electron chi connectivity index (χ1n) is 6.81. The van der Waals surface area contributed by atoms with Gasteiger partial charge in [-0.3, -0.25) is 0 Å². The van der Waals surface area contributed by atoms with Crippen molar-refractivity contribution in [1.82, 2.24) is 5.32 Å². The molecular weight excluding hydrogens is 246 g/mol. The fraction of sp³-hybridized carbons (Fsp3) is 0.600. The molecule has 2 nitrogen and oxygen atoms in total. The number of unbranched alkanes of at least 4 members (excludes halogenated alkanes) is 4. The van der Waals surface area contributed by atoms with Crippen LogP contribution in [0.4, 0.5) is 0 Å². The van der Waals surface area contributed by atoms with E-state index in [4.69, 9.17) is 16.3 Å². The molecule has 0 aliphatic heterocycles. The van der Waals surface area contributed by atoms with Gasteiger partial charge in [-0.05, 0) is 31.2 Å². The first-order chi connectivity index (χ1) is 8.77. The molecule has 0 heterocycles. The minimum absolute atomic E-state index is 0.760. The van der Waals surface area contributed by atoms with Crippen molar-refractivity contribution in [2.45, 2.75) is 45.6 Å². The van der Waals surface area contributed by atoms with Crippen molar-refractivity contribution in [3.63, 3.8) is 0 Å². The van der Waals surface area contributed by atoms with Crippen molar-refractivity contribution >= 4 is 11.6 Å². The summed E-state index contributed by atoms with van der Waals surface area (Å²) in [6.07, 6.45) is 6.55. The molecule has 0 atom stereocenters. The van der Waals surface area contributed by atoms with Gasteiger partial charge in [0.15, 0.2) is 0 Å². The standard InChI is InChI=1S/C15H24ClNO/c1-3-4-5-6-7-10-17-12-13-11-14(16)8-9-15(13)18-2/h8-9,11,17H,3-7,10,12H2,1-2H3. The van der Waals surface area contributed by atoms with Crippen molar-refractivity contribution in [1.29, 1.82) is 0 Å². The van der Waals surface area contributed by atoms with Gasteiger partial charge in [-0.1, -0.05) is 44.2 Å². The fourth-order valence-corrected chi connectivity index (χ4v) is 2.16. The third kappa shape index (κ3) is 5.74. The predicted octanol–water partition coefficient (Wildman–Crippen LogP) is 4.41. The number of halogens is 1. The molecule has 0 aromatic heterocycles. The molecule has 0 amide bonds. The highest BCUT2D eigenvalue weighted by Crippen LogP contribution is 2.22. The first kappa shape index (κ1) is 15.3. The molecule has 1 aromatic rings. The van der Waals surface area contributed by atoms with Crippen LogP contribution in [0.25, 0.3) is 0 Å². The summed E-state index contributed by atoms with van der Waals surface area (Å²) in [6, 6.07) is 5.74. The van der Waals surface area contributed by atoms with Crippen LogP contribution >= 0.6 is 11.6 Å². The molecule has 0 radical (unpaired) electrons. The molecule has 0 aliphatic carbocycles. The Labute approximate surface area is 116 Å². The lowest BCUT2D eigenvalue weighted by Crippen LogP contribution is -2.15. The van der Waals surface area contributed by atoms with Gasteiger partial charge in [0, 0.05) is 17.1 Å². The minimum atomic E-state index is 0.760. The second kappa shape index (κ2) is 9.23. The maximum absolute atomic E-state index is 5.99. The Morgan fingerprint density at radius 1 is 1.17 bits per heavy atom. The summed E-state index contributed by atoms with van der Waals surface area (Å²) in [4.78, 5) is 0. The third-order valence-electron chi connectivity index (χ3n) is 3.02. The Hall–Kier alpha value is -0.730. The van der Waals surface area contributed by atoms with E-state index in [1.807, 2.05) is 18.2 Å². The van der Waals surface area contributed by atoms with Crippen LogP contribution in [0, 0.1) is 0 Å². The summed E-state index contributed by atoms with van der Waals surface area (Å²) in [5.41, 5.74) is 1.12. The molecule has 0 saturated heterocycles. The molecule has 102 valence electrons. The highest BCUT2D eigenvalue weighted by atomic mass is 35.5. The maximum atomic E-state index is 5.99. The van der Waals surface area contributed by atoms with E-state index in [0.717, 1.165) is 29.4 Å². The Morgan fingerprint density at radius 2 is 1.94 bits per heavy atom. The molecule has 0 spiro atoms. The Kier molecular flexibility index (Phi) is 7.86. The Morgan fingerprint density at radius 3 is 2.67 bits per heavy atom. The minimum Gasteiger partial charge on any atom is -0.496 e. The molecule has 1 rings (SSSR count). The lowest BCUT2D eigenvalue weighted by molar-refractivity contribution is 0.407. The highest BCUT2D eigenvalue weighted by molar-refractivity contribution is 6.30. The topological polar surface area (TPSA) is 21.3 Å². The van der Waals surface area contributed by atoms with Crippen molar-refractivity contribution < 1.29 is 4.74 Å². The summed E-state index contributed by atoms with van der Waals surface area (Å²) >= 11 is 5.99. The van der Waals surface area contributed by atoms with Crippen LogP contribution < -0.4 is 10.1 Å². The maximum Gasteiger partial charge on any atom is 0.123 e. The van der Waals surface area contributed by atoms with Gasteiger partial charge in [0.2, 0.25) is 0 Å². The van der Waals surface area contributed by atoms with Crippen LogP contribution in [0.15, 0.2) is 18.2 Å². The van der Waals surface area contributed by atoms with E-state index >= 15 is 0 Å². The summed E-state index contributed by atoms with van der Waals surface area (Å²) in [5, 5.41) is 4.20. The van der Waals surface area contributed by atoms with Gasteiger partial charge >= 0.3 is 0 Å². The van der Waals surface area contributed by atoms with Gasteiger partial charge in [-0.25, -0.2) is 0 Å². The number of hydrogen-bond acceptors (Lipinski definition) is 2. The van der Waals surface area contributed by atoms with Gasteiger partial charge in [0.1, 0.15) is 5.75 Å². The number of hydrogen-bond donors (Lipinski definition) is 1. The monoisotopic (exact) mass is 269 g/mol. The highest BCUT2D eigenvalue weighted by Gasteiger charge is 2.02. The van der Waals surface area contributed by atoms with Crippen LogP contribution in [0.5, 0.6) is 5.75 Å². The second-order valence-electron chi connectivity index (χ2n) is 4.55. The summed E-state index contributed by atoms with van der Waals surface area (Å²) in [6.45, 7) is 4.11. The van der Waals surface area contributed by atoms with Crippen molar-refractivity contribution in [3.8, 4) is 5.75 Å². The lowest BCUT2D eigenvalue weighted by Gasteiger charge is -2.10. The zero-order valence-corrected chi connectivity index (χ0v) is 12.2. The number of nitrogens with one attached hydrogen (secondary N) is 1. The normalized spacial score (nSPS) is 10.6. The summed E-state index contributed by atoms with van der Waals surface area (Å²) < 4.78 is 5.31. The smallest absolute Gasteiger partial charge is 0.123 e. The number of benzene rings is 1. The quantitative estimate of drug-likeness (QED) is 0.671. The van der Waals surface area contributed by atoms with Crippen molar-refractivity contribution in [2.24, 2.45) is 0 Å². The van der Waals surface area contributed by atoms with Crippen LogP contribution in [0.3, 0.4) is 0 Å². The van der Waals surface area contributed by atoms with Gasteiger partial charge in [-0.15, -0.1) is 0 Å². The van der Waals surface area contributed by atoms with Gasteiger partial charge in [0.25, 0.3) is 0 Å². The zero-order chi connectivity index (χ0) is 13.2. The molecule has 3 heteroatoms. The van der Waals surface area contributed by atoms with Crippen LogP contribution in [-0.4, -0.2) is 13.7 Å². The molecule has 0 unspecified atom stereocenters. The van der Waals surface area contributed by atoms with E-state index < -0.39 is 0 Å². The van der Waals surface area contributed by atoms with Crippen LogP contribution in [0.1, 0.15) is 44.6 Å². The molecule has 18 heavy (non-hydrogen) atoms. The van der Waals surface area contributed by atoms with E-state index in [-0.39, 0.29) is 0 Å². The van der Waals surface area contributed by atoms with E-state index in [2.05, 4.69) is 12.2 Å². The summed E-state index contributed by atoms with van der Waals surface area (Å²) in [7, 11) is 1.69. The lowest BCUT2D eigenvalue weighted by atomic mass is 10.1. The number of rotatable bonds is 9. The zero-order valence-electron chi connectivity index (χ0n) is 11.5. The van der Waals surface area contributed by atoms with Crippen molar-refractivity contribution in [3.05, 3.63) is 28.8 Å². The fourth-order valence-electron chi connectivity index (χ4n) is 1.96. The van der Waals surface area contributed by atoms with Crippen molar-refractivity contribution in [2.75, 3.05) is 13.7 Å². The molecule has 0 fully saturated rings. The molecular formula is C15H24ClNO. The summed E-state index contributed by atoms with van der Waals surface area (Å²) in [5.74, 6) is 0.901. The van der Waals surface area contributed by atoms with Gasteiger partial charge in [-0.2, -0.15) is 0 Å². The van der Waals surface area contributed by atoms with Gasteiger partial charge < -0.3 is 10.1 Å².